The van der Waals surface area contributed by atoms with E-state index < -0.39 is 41.5 Å². The van der Waals surface area contributed by atoms with Crippen LogP contribution in [0.5, 0.6) is 0 Å². The molecule has 13 heteroatoms. The third-order valence-electron chi connectivity index (χ3n) is 4.27. The predicted octanol–water partition coefficient (Wildman–Crippen LogP) is 4.43. The van der Waals surface area contributed by atoms with Gasteiger partial charge in [0, 0.05) is 10.6 Å². The molecular weight excluding hydrogens is 561 g/mol. The number of carbonyl (C=O) groups is 5. The minimum atomic E-state index is -1.44. The highest BCUT2D eigenvalue weighted by atomic mass is 35.5. The van der Waals surface area contributed by atoms with E-state index in [1.807, 2.05) is 12.1 Å². The lowest BCUT2D eigenvalue weighted by Gasteiger charge is -2.07. The number of thiazole rings is 1. The maximum atomic E-state index is 12.1. The second-order valence-electron chi connectivity index (χ2n) is 7.07. The fourth-order valence-corrected chi connectivity index (χ4v) is 3.93. The first kappa shape index (κ1) is 33.0. The number of ether oxygens (including phenoxy) is 4. The summed E-state index contributed by atoms with van der Waals surface area (Å²) in [5.74, 6) is -3.16. The van der Waals surface area contributed by atoms with Gasteiger partial charge in [0.1, 0.15) is 16.3 Å². The summed E-state index contributed by atoms with van der Waals surface area (Å²) in [6.45, 7) is 7.51. The molecule has 10 nitrogen and oxygen atoms in total. The monoisotopic (exact) mass is 589 g/mol. The summed E-state index contributed by atoms with van der Waals surface area (Å²) in [6.07, 6.45) is -0.576. The fourth-order valence-electron chi connectivity index (χ4n) is 2.68. The van der Waals surface area contributed by atoms with Crippen molar-refractivity contribution in [1.29, 1.82) is 0 Å². The number of rotatable bonds is 12. The number of halogens is 2. The number of aromatic nitrogens is 1. The van der Waals surface area contributed by atoms with Crippen molar-refractivity contribution < 1.29 is 42.9 Å². The van der Waals surface area contributed by atoms with E-state index in [1.54, 1.807) is 39.8 Å². The van der Waals surface area contributed by atoms with Crippen molar-refractivity contribution >= 4 is 64.2 Å². The van der Waals surface area contributed by atoms with E-state index in [0.717, 1.165) is 5.56 Å². The highest BCUT2D eigenvalue weighted by Gasteiger charge is 2.27. The lowest BCUT2D eigenvalue weighted by Crippen LogP contribution is -2.29. The van der Waals surface area contributed by atoms with E-state index in [4.69, 9.17) is 32.7 Å². The highest BCUT2D eigenvalue weighted by molar-refractivity contribution is 7.17. The van der Waals surface area contributed by atoms with Crippen molar-refractivity contribution in [3.05, 3.63) is 39.9 Å². The van der Waals surface area contributed by atoms with Crippen LogP contribution in [0.25, 0.3) is 10.6 Å². The number of benzene rings is 1. The van der Waals surface area contributed by atoms with Gasteiger partial charge in [-0.05, 0) is 39.8 Å². The molecule has 0 aliphatic heterocycles. The van der Waals surface area contributed by atoms with Crippen molar-refractivity contribution in [1.82, 2.24) is 4.98 Å². The van der Waals surface area contributed by atoms with Gasteiger partial charge in [-0.1, -0.05) is 23.7 Å². The van der Waals surface area contributed by atoms with Crippen molar-refractivity contribution in [3.63, 3.8) is 0 Å². The third kappa shape index (κ3) is 11.2. The van der Waals surface area contributed by atoms with E-state index >= 15 is 0 Å². The number of hydrogen-bond acceptors (Lipinski definition) is 11. The SMILES string of the molecule is CCOC(=O)CC(=O)C(Cl)C(=O)OCC.CCOC(=O)Cc1nc(-c2ccc(Cl)cc2)sc1C(=O)OCC. The molecule has 38 heavy (non-hydrogen) atoms. The van der Waals surface area contributed by atoms with Crippen molar-refractivity contribution in [3.8, 4) is 10.6 Å². The normalized spacial score (nSPS) is 10.9. The molecule has 1 heterocycles. The molecule has 0 fully saturated rings. The Balaban J connectivity index is 0.000000420. The lowest BCUT2D eigenvalue weighted by molar-refractivity contribution is -0.148. The molecule has 0 spiro atoms. The molecule has 1 unspecified atom stereocenters. The van der Waals surface area contributed by atoms with Crippen molar-refractivity contribution in [2.75, 3.05) is 26.4 Å². The summed E-state index contributed by atoms with van der Waals surface area (Å²) in [5.41, 5.74) is 1.19. The number of hydrogen-bond donors (Lipinski definition) is 0. The average Bonchev–Trinajstić information content (AvgIpc) is 3.28. The summed E-state index contributed by atoms with van der Waals surface area (Å²) in [6, 6.07) is 7.11. The molecule has 0 aliphatic rings. The van der Waals surface area contributed by atoms with Crippen molar-refractivity contribution in [2.24, 2.45) is 0 Å². The van der Waals surface area contributed by atoms with Crippen LogP contribution < -0.4 is 0 Å². The molecule has 0 aliphatic carbocycles. The third-order valence-corrected chi connectivity index (χ3v) is 6.07. The Labute approximate surface area is 234 Å². The Morgan fingerprint density at radius 1 is 0.842 bits per heavy atom. The number of esters is 4. The average molecular weight is 590 g/mol. The summed E-state index contributed by atoms with van der Waals surface area (Å²) in [4.78, 5) is 61.6. The Morgan fingerprint density at radius 2 is 1.39 bits per heavy atom. The van der Waals surface area contributed by atoms with Crippen LogP contribution in [-0.4, -0.2) is 66.4 Å². The van der Waals surface area contributed by atoms with Gasteiger partial charge in [-0.3, -0.25) is 14.4 Å². The minimum absolute atomic E-state index is 0.0634. The molecule has 0 bridgehead atoms. The zero-order valence-electron chi connectivity index (χ0n) is 21.4. The molecule has 2 rings (SSSR count). The largest absolute Gasteiger partial charge is 0.466 e. The molecule has 2 aromatic rings. The molecule has 0 saturated heterocycles. The first-order chi connectivity index (χ1) is 18.1. The Bertz CT molecular complexity index is 1100. The van der Waals surface area contributed by atoms with Gasteiger partial charge < -0.3 is 18.9 Å². The van der Waals surface area contributed by atoms with E-state index in [1.165, 1.54) is 11.3 Å². The van der Waals surface area contributed by atoms with Crippen LogP contribution in [-0.2, 0) is 44.5 Å². The van der Waals surface area contributed by atoms with Gasteiger partial charge >= 0.3 is 23.9 Å². The topological polar surface area (TPSA) is 135 Å². The van der Waals surface area contributed by atoms with Crippen LogP contribution in [0.1, 0.15) is 49.5 Å². The van der Waals surface area contributed by atoms with E-state index in [2.05, 4.69) is 14.5 Å². The number of nitrogens with zero attached hydrogens (tertiary/aromatic N) is 1. The Morgan fingerprint density at radius 3 is 1.95 bits per heavy atom. The Kier molecular flexibility index (Phi) is 15.2. The number of alkyl halides is 1. The van der Waals surface area contributed by atoms with E-state index in [-0.39, 0.29) is 32.8 Å². The number of Topliss-reactive ketones (excluding diaryl/α,β-unsaturated/α-hetero) is 1. The second-order valence-corrected chi connectivity index (χ2v) is 8.94. The van der Waals surface area contributed by atoms with Gasteiger partial charge in [0.2, 0.25) is 0 Å². The molecule has 208 valence electrons. The molecule has 0 saturated carbocycles. The zero-order chi connectivity index (χ0) is 28.7. The van der Waals surface area contributed by atoms with Gasteiger partial charge in [0.05, 0.1) is 38.5 Å². The molecule has 1 aromatic carbocycles. The predicted molar refractivity (Wildman–Crippen MR) is 141 cm³/mol. The lowest BCUT2D eigenvalue weighted by atomic mass is 10.2. The summed E-state index contributed by atoms with van der Waals surface area (Å²) in [5, 5.41) is -0.193. The standard InChI is InChI=1S/C16H16ClNO4S.C9H13ClO5/c1-3-21-13(19)9-12-14(16(20)22-4-2)23-15(18-12)10-5-7-11(17)8-6-10;1-3-14-7(12)5-6(11)8(10)9(13)15-4-2/h5-8H,3-4,9H2,1-2H3;8H,3-5H2,1-2H3. The minimum Gasteiger partial charge on any atom is -0.466 e. The fraction of sp³-hybridized carbons (Fsp3) is 0.440. The van der Waals surface area contributed by atoms with E-state index in [9.17, 15) is 24.0 Å². The van der Waals surface area contributed by atoms with Crippen LogP contribution in [0.2, 0.25) is 5.02 Å². The number of ketones is 1. The Hall–Kier alpha value is -3.02. The van der Waals surface area contributed by atoms with Gasteiger partial charge in [-0.2, -0.15) is 0 Å². The van der Waals surface area contributed by atoms with Crippen LogP contribution in [0.15, 0.2) is 24.3 Å². The maximum absolute atomic E-state index is 12.1. The smallest absolute Gasteiger partial charge is 0.350 e. The van der Waals surface area contributed by atoms with Crippen LogP contribution in [0, 0.1) is 0 Å². The molecule has 0 amide bonds. The van der Waals surface area contributed by atoms with Gasteiger partial charge in [-0.15, -0.1) is 22.9 Å². The summed E-state index contributed by atoms with van der Waals surface area (Å²) >= 11 is 12.5. The van der Waals surface area contributed by atoms with Gasteiger partial charge in [0.25, 0.3) is 0 Å². The molecule has 1 atom stereocenters. The first-order valence-electron chi connectivity index (χ1n) is 11.6. The van der Waals surface area contributed by atoms with Crippen LogP contribution in [0.3, 0.4) is 0 Å². The maximum Gasteiger partial charge on any atom is 0.350 e. The number of carbonyl (C=O) groups excluding carboxylic acids is 5. The molecule has 0 N–H and O–H groups in total. The molecule has 1 aromatic heterocycles. The summed E-state index contributed by atoms with van der Waals surface area (Å²) < 4.78 is 19.0. The van der Waals surface area contributed by atoms with Crippen LogP contribution >= 0.6 is 34.5 Å². The zero-order valence-corrected chi connectivity index (χ0v) is 23.7. The summed E-state index contributed by atoms with van der Waals surface area (Å²) in [7, 11) is 0. The molecule has 0 radical (unpaired) electrons. The quantitative estimate of drug-likeness (QED) is 0.151. The molecular formula is C25H29Cl2NO9S. The van der Waals surface area contributed by atoms with Crippen LogP contribution in [0.4, 0.5) is 0 Å². The highest BCUT2D eigenvalue weighted by Crippen LogP contribution is 2.30. The van der Waals surface area contributed by atoms with Gasteiger partial charge in [0.15, 0.2) is 11.2 Å². The second kappa shape index (κ2) is 17.5. The van der Waals surface area contributed by atoms with Gasteiger partial charge in [-0.25, -0.2) is 14.6 Å². The van der Waals surface area contributed by atoms with Crippen molar-refractivity contribution in [2.45, 2.75) is 45.9 Å². The first-order valence-corrected chi connectivity index (χ1v) is 13.3. The van der Waals surface area contributed by atoms with E-state index in [0.29, 0.717) is 20.6 Å².